The van der Waals surface area contributed by atoms with Crippen molar-refractivity contribution in [2.45, 2.75) is 34.1 Å². The Balaban J connectivity index is 0.000000671. The van der Waals surface area contributed by atoms with E-state index in [0.29, 0.717) is 0 Å². The van der Waals surface area contributed by atoms with Crippen LogP contribution >= 0.6 is 0 Å². The van der Waals surface area contributed by atoms with Crippen LogP contribution in [0.2, 0.25) is 0 Å². The molecule has 0 N–H and O–H groups in total. The van der Waals surface area contributed by atoms with Crippen molar-refractivity contribution in [3.05, 3.63) is 23.9 Å². The van der Waals surface area contributed by atoms with E-state index in [1.807, 2.05) is 39.1 Å². The van der Waals surface area contributed by atoms with E-state index in [2.05, 4.69) is 16.9 Å². The van der Waals surface area contributed by atoms with Crippen molar-refractivity contribution in [1.29, 1.82) is 0 Å². The normalized spacial score (nSPS) is 9.54. The summed E-state index contributed by atoms with van der Waals surface area (Å²) in [6, 6.07) is 3.93. The van der Waals surface area contributed by atoms with Crippen molar-refractivity contribution in [3.8, 4) is 0 Å². The molecule has 2 nitrogen and oxygen atoms in total. The minimum Gasteiger partial charge on any atom is -0.241 e. The molecule has 72 valence electrons. The monoisotopic (exact) mass is 178 g/mol. The summed E-state index contributed by atoms with van der Waals surface area (Å²) < 4.78 is 0. The minimum atomic E-state index is 0.828. The number of aryl methyl sites for hydroxylation is 1. The summed E-state index contributed by atoms with van der Waals surface area (Å²) in [5.74, 6) is 0.828. The maximum Gasteiger partial charge on any atom is 0.154 e. The average Bonchev–Trinajstić information content (AvgIpc) is 2.20. The van der Waals surface area contributed by atoms with Gasteiger partial charge in [0.05, 0.1) is 0 Å². The highest BCUT2D eigenvalue weighted by molar-refractivity contribution is 5.62. The van der Waals surface area contributed by atoms with Gasteiger partial charge in [-0.2, -0.15) is 0 Å². The van der Waals surface area contributed by atoms with Crippen LogP contribution in [0.25, 0.3) is 0 Å². The number of aliphatic imine (C=N–C) groups is 1. The Labute approximate surface area is 80.7 Å². The molecule has 0 saturated heterocycles. The van der Waals surface area contributed by atoms with Crippen molar-refractivity contribution >= 4 is 12.0 Å². The fourth-order valence-electron chi connectivity index (χ4n) is 0.790. The maximum absolute atomic E-state index is 4.19. The Hall–Kier alpha value is -1.18. The number of rotatable bonds is 2. The number of hydrogen-bond donors (Lipinski definition) is 0. The lowest BCUT2D eigenvalue weighted by molar-refractivity contribution is 1.21. The Bertz CT molecular complexity index is 254. The van der Waals surface area contributed by atoms with Gasteiger partial charge in [0.15, 0.2) is 5.82 Å². The molecule has 0 fully saturated rings. The van der Waals surface area contributed by atoms with Gasteiger partial charge < -0.3 is 0 Å². The average molecular weight is 178 g/mol. The minimum absolute atomic E-state index is 0.828. The molecule has 0 unspecified atom stereocenters. The fraction of sp³-hybridized carbons (Fsp3) is 0.455. The number of aromatic nitrogens is 1. The van der Waals surface area contributed by atoms with Gasteiger partial charge in [0.2, 0.25) is 0 Å². The van der Waals surface area contributed by atoms with Gasteiger partial charge in [-0.1, -0.05) is 26.8 Å². The van der Waals surface area contributed by atoms with E-state index in [4.69, 9.17) is 0 Å². The van der Waals surface area contributed by atoms with E-state index in [-0.39, 0.29) is 0 Å². The predicted molar refractivity (Wildman–Crippen MR) is 58.8 cm³/mol. The molecule has 0 radical (unpaired) electrons. The zero-order chi connectivity index (χ0) is 10.1. The summed E-state index contributed by atoms with van der Waals surface area (Å²) in [5.41, 5.74) is 1.12. The fourth-order valence-corrected chi connectivity index (χ4v) is 0.790. The Kier molecular flexibility index (Phi) is 6.79. The van der Waals surface area contributed by atoms with Crippen molar-refractivity contribution in [3.63, 3.8) is 0 Å². The molecule has 0 amide bonds. The van der Waals surface area contributed by atoms with Gasteiger partial charge in [-0.3, -0.25) is 0 Å². The van der Waals surface area contributed by atoms with Crippen LogP contribution in [0.4, 0.5) is 5.82 Å². The SMILES string of the molecule is CC.CC/C=N\c1ncccc1C. The van der Waals surface area contributed by atoms with Crippen molar-refractivity contribution in [1.82, 2.24) is 4.98 Å². The second-order valence-electron chi connectivity index (χ2n) is 2.36. The van der Waals surface area contributed by atoms with Crippen molar-refractivity contribution < 1.29 is 0 Å². The first-order chi connectivity index (χ1) is 6.34. The van der Waals surface area contributed by atoms with Gasteiger partial charge in [0.25, 0.3) is 0 Å². The summed E-state index contributed by atoms with van der Waals surface area (Å²) in [5, 5.41) is 0. The zero-order valence-corrected chi connectivity index (χ0v) is 8.91. The van der Waals surface area contributed by atoms with E-state index < -0.39 is 0 Å². The summed E-state index contributed by atoms with van der Waals surface area (Å²) in [6.07, 6.45) is 4.58. The molecule has 0 aliphatic heterocycles. The highest BCUT2D eigenvalue weighted by Gasteiger charge is 1.91. The number of hydrogen-bond acceptors (Lipinski definition) is 2. The van der Waals surface area contributed by atoms with Crippen LogP contribution in [-0.4, -0.2) is 11.2 Å². The maximum atomic E-state index is 4.19. The molecule has 0 saturated carbocycles. The molecule has 0 atom stereocenters. The molecule has 0 spiro atoms. The van der Waals surface area contributed by atoms with Gasteiger partial charge in [-0.15, -0.1) is 0 Å². The van der Waals surface area contributed by atoms with Gasteiger partial charge in [0, 0.05) is 12.4 Å². The highest BCUT2D eigenvalue weighted by Crippen LogP contribution is 2.11. The summed E-state index contributed by atoms with van der Waals surface area (Å²) in [4.78, 5) is 8.31. The summed E-state index contributed by atoms with van der Waals surface area (Å²) >= 11 is 0. The van der Waals surface area contributed by atoms with Crippen molar-refractivity contribution in [2.24, 2.45) is 4.99 Å². The molecule has 0 aliphatic rings. The summed E-state index contributed by atoms with van der Waals surface area (Å²) in [7, 11) is 0. The topological polar surface area (TPSA) is 25.2 Å². The molecule has 1 aromatic rings. The van der Waals surface area contributed by atoms with Crippen LogP contribution < -0.4 is 0 Å². The molecule has 2 heteroatoms. The van der Waals surface area contributed by atoms with Gasteiger partial charge >= 0.3 is 0 Å². The standard InChI is InChI=1S/C9H12N2.C2H6/c1-3-6-10-9-8(2)5-4-7-11-9;1-2/h4-7H,3H2,1-2H3;1-2H3/b10-6-;. The zero-order valence-electron chi connectivity index (χ0n) is 8.91. The predicted octanol–water partition coefficient (Wildman–Crippen LogP) is 3.53. The van der Waals surface area contributed by atoms with Crippen LogP contribution in [0.5, 0.6) is 0 Å². The molecular formula is C11H18N2. The molecule has 0 bridgehead atoms. The smallest absolute Gasteiger partial charge is 0.154 e. The second-order valence-corrected chi connectivity index (χ2v) is 2.36. The van der Waals surface area contributed by atoms with E-state index in [1.165, 1.54) is 0 Å². The highest BCUT2D eigenvalue weighted by atomic mass is 14.9. The van der Waals surface area contributed by atoms with E-state index in [9.17, 15) is 0 Å². The van der Waals surface area contributed by atoms with Gasteiger partial charge in [-0.05, 0) is 25.0 Å². The van der Waals surface area contributed by atoms with Crippen LogP contribution in [0.15, 0.2) is 23.3 Å². The van der Waals surface area contributed by atoms with Crippen LogP contribution in [0.1, 0.15) is 32.8 Å². The Morgan fingerprint density at radius 3 is 2.69 bits per heavy atom. The largest absolute Gasteiger partial charge is 0.241 e. The Morgan fingerprint density at radius 1 is 1.46 bits per heavy atom. The first kappa shape index (κ1) is 11.8. The van der Waals surface area contributed by atoms with Crippen LogP contribution in [0, 0.1) is 6.92 Å². The molecule has 0 aromatic carbocycles. The third-order valence-corrected chi connectivity index (χ3v) is 1.38. The lowest BCUT2D eigenvalue weighted by atomic mass is 10.3. The lowest BCUT2D eigenvalue weighted by Crippen LogP contribution is -1.78. The molecule has 1 heterocycles. The third kappa shape index (κ3) is 4.41. The van der Waals surface area contributed by atoms with Gasteiger partial charge in [-0.25, -0.2) is 9.98 Å². The molecular weight excluding hydrogens is 160 g/mol. The Morgan fingerprint density at radius 2 is 2.15 bits per heavy atom. The van der Waals surface area contributed by atoms with Crippen LogP contribution in [-0.2, 0) is 0 Å². The van der Waals surface area contributed by atoms with Gasteiger partial charge in [0.1, 0.15) is 0 Å². The summed E-state index contributed by atoms with van der Waals surface area (Å²) in [6.45, 7) is 8.07. The quantitative estimate of drug-likeness (QED) is 0.636. The van der Waals surface area contributed by atoms with Crippen molar-refractivity contribution in [2.75, 3.05) is 0 Å². The number of nitrogens with zero attached hydrogens (tertiary/aromatic N) is 2. The molecule has 1 rings (SSSR count). The first-order valence-electron chi connectivity index (χ1n) is 4.78. The lowest BCUT2D eigenvalue weighted by Gasteiger charge is -1.95. The molecule has 0 aliphatic carbocycles. The number of pyridine rings is 1. The molecule has 1 aromatic heterocycles. The first-order valence-corrected chi connectivity index (χ1v) is 4.78. The van der Waals surface area contributed by atoms with Crippen LogP contribution in [0.3, 0.4) is 0 Å². The van der Waals surface area contributed by atoms with E-state index >= 15 is 0 Å². The van der Waals surface area contributed by atoms with E-state index in [0.717, 1.165) is 17.8 Å². The second kappa shape index (κ2) is 7.47. The molecule has 13 heavy (non-hydrogen) atoms. The van der Waals surface area contributed by atoms with E-state index in [1.54, 1.807) is 6.20 Å². The third-order valence-electron chi connectivity index (χ3n) is 1.38.